The van der Waals surface area contributed by atoms with Gasteiger partial charge in [0.1, 0.15) is 17.1 Å². The third-order valence-corrected chi connectivity index (χ3v) is 3.85. The van der Waals surface area contributed by atoms with Crippen molar-refractivity contribution in [3.8, 4) is 11.5 Å². The Labute approximate surface area is 143 Å². The number of ether oxygens (including phenoxy) is 2. The molecule has 0 aromatic heterocycles. The van der Waals surface area contributed by atoms with Gasteiger partial charge in [0.25, 0.3) is 5.69 Å². The predicted octanol–water partition coefficient (Wildman–Crippen LogP) is 4.32. The van der Waals surface area contributed by atoms with E-state index in [0.717, 1.165) is 11.3 Å². The molecule has 0 radical (unpaired) electrons. The monoisotopic (exact) mass is 347 g/mol. The van der Waals surface area contributed by atoms with Crippen LogP contribution in [0.15, 0.2) is 47.4 Å². The Kier molecular flexibility index (Phi) is 6.20. The molecular weight excluding hydrogens is 330 g/mol. The molecule has 0 bridgehead atoms. The lowest BCUT2D eigenvalue weighted by Crippen LogP contribution is -2.11. The smallest absolute Gasteiger partial charge is 0.350 e. The summed E-state index contributed by atoms with van der Waals surface area (Å²) in [4.78, 5) is 23.5. The van der Waals surface area contributed by atoms with Gasteiger partial charge >= 0.3 is 5.97 Å². The van der Waals surface area contributed by atoms with Gasteiger partial charge in [0.2, 0.25) is 0 Å². The summed E-state index contributed by atoms with van der Waals surface area (Å²) < 4.78 is 10.7. The molecule has 2 rings (SSSR count). The molecule has 0 N–H and O–H groups in total. The van der Waals surface area contributed by atoms with Crippen LogP contribution >= 0.6 is 11.8 Å². The molecule has 0 unspecified atom stereocenters. The van der Waals surface area contributed by atoms with E-state index in [-0.39, 0.29) is 11.3 Å². The van der Waals surface area contributed by atoms with Crippen LogP contribution in [0.1, 0.15) is 23.7 Å². The van der Waals surface area contributed by atoms with Gasteiger partial charge in [-0.25, -0.2) is 4.79 Å². The van der Waals surface area contributed by atoms with E-state index in [1.54, 1.807) is 30.3 Å². The molecule has 0 saturated heterocycles. The van der Waals surface area contributed by atoms with Crippen LogP contribution in [-0.2, 0) is 0 Å². The fourth-order valence-corrected chi connectivity index (χ4v) is 2.39. The number of nitro groups is 1. The van der Waals surface area contributed by atoms with Crippen LogP contribution in [0, 0.1) is 10.1 Å². The minimum Gasteiger partial charge on any atom is -0.494 e. The third kappa shape index (κ3) is 4.48. The van der Waals surface area contributed by atoms with E-state index in [1.165, 1.54) is 23.9 Å². The summed E-state index contributed by atoms with van der Waals surface area (Å²) in [6.45, 7) is 2.61. The average molecular weight is 347 g/mol. The van der Waals surface area contributed by atoms with Gasteiger partial charge in [0.15, 0.2) is 0 Å². The van der Waals surface area contributed by atoms with E-state index in [2.05, 4.69) is 0 Å². The van der Waals surface area contributed by atoms with Crippen LogP contribution in [0.25, 0.3) is 0 Å². The number of nitrogens with zero attached hydrogens (tertiary/aromatic N) is 1. The highest BCUT2D eigenvalue weighted by molar-refractivity contribution is 7.98. The Balaban J connectivity index is 2.18. The van der Waals surface area contributed by atoms with Crippen LogP contribution < -0.4 is 9.47 Å². The zero-order chi connectivity index (χ0) is 17.5. The largest absolute Gasteiger partial charge is 0.494 e. The van der Waals surface area contributed by atoms with Gasteiger partial charge in [-0.15, -0.1) is 11.8 Å². The lowest BCUT2D eigenvalue weighted by molar-refractivity contribution is -0.385. The van der Waals surface area contributed by atoms with Gasteiger partial charge in [-0.3, -0.25) is 10.1 Å². The van der Waals surface area contributed by atoms with E-state index in [0.29, 0.717) is 18.1 Å². The topological polar surface area (TPSA) is 78.7 Å². The molecule has 0 spiro atoms. The molecule has 0 aliphatic heterocycles. The van der Waals surface area contributed by atoms with Crippen molar-refractivity contribution >= 4 is 23.4 Å². The van der Waals surface area contributed by atoms with Crippen molar-refractivity contribution in [2.75, 3.05) is 12.9 Å². The number of benzene rings is 2. The minimum atomic E-state index is -0.764. The first kappa shape index (κ1) is 17.8. The second-order valence-corrected chi connectivity index (χ2v) is 5.73. The Hall–Kier alpha value is -2.54. The molecule has 7 heteroatoms. The number of nitro benzene ring substituents is 1. The van der Waals surface area contributed by atoms with E-state index in [4.69, 9.17) is 9.47 Å². The summed E-state index contributed by atoms with van der Waals surface area (Å²) in [6.07, 6.45) is 2.72. The fourth-order valence-electron chi connectivity index (χ4n) is 1.95. The van der Waals surface area contributed by atoms with Crippen LogP contribution in [-0.4, -0.2) is 23.8 Å². The van der Waals surface area contributed by atoms with Gasteiger partial charge in [-0.05, 0) is 49.1 Å². The lowest BCUT2D eigenvalue weighted by atomic mass is 10.2. The molecule has 2 aromatic carbocycles. The second-order valence-electron chi connectivity index (χ2n) is 4.85. The van der Waals surface area contributed by atoms with Crippen molar-refractivity contribution < 1.29 is 19.2 Å². The first-order valence-electron chi connectivity index (χ1n) is 7.32. The molecule has 0 atom stereocenters. The summed E-state index contributed by atoms with van der Waals surface area (Å²) >= 11 is 1.39. The number of hydrogen-bond acceptors (Lipinski definition) is 6. The Bertz CT molecular complexity index is 730. The maximum Gasteiger partial charge on any atom is 0.350 e. The summed E-state index contributed by atoms with van der Waals surface area (Å²) in [5.41, 5.74) is -0.348. The van der Waals surface area contributed by atoms with Gasteiger partial charge in [0, 0.05) is 11.0 Å². The molecule has 0 amide bonds. The van der Waals surface area contributed by atoms with Crippen molar-refractivity contribution in [3.63, 3.8) is 0 Å². The number of carbonyl (C=O) groups is 1. The van der Waals surface area contributed by atoms with E-state index in [1.807, 2.05) is 13.2 Å². The van der Waals surface area contributed by atoms with E-state index >= 15 is 0 Å². The maximum atomic E-state index is 12.3. The van der Waals surface area contributed by atoms with Gasteiger partial charge in [0.05, 0.1) is 11.5 Å². The average Bonchev–Trinajstić information content (AvgIpc) is 2.60. The van der Waals surface area contributed by atoms with Crippen molar-refractivity contribution in [2.24, 2.45) is 0 Å². The molecule has 0 aliphatic rings. The minimum absolute atomic E-state index is 0.0711. The molecule has 126 valence electrons. The summed E-state index contributed by atoms with van der Waals surface area (Å²) in [6, 6.07) is 10.9. The lowest BCUT2D eigenvalue weighted by Gasteiger charge is -2.08. The van der Waals surface area contributed by atoms with Crippen LogP contribution in [0.3, 0.4) is 0 Å². The highest BCUT2D eigenvalue weighted by Gasteiger charge is 2.22. The van der Waals surface area contributed by atoms with Gasteiger partial charge < -0.3 is 9.47 Å². The van der Waals surface area contributed by atoms with Gasteiger partial charge in [-0.2, -0.15) is 0 Å². The number of hydrogen-bond donors (Lipinski definition) is 0. The first-order chi connectivity index (χ1) is 11.5. The number of rotatable bonds is 7. The summed E-state index contributed by atoms with van der Waals surface area (Å²) in [7, 11) is 0. The number of thioether (sulfide) groups is 1. The van der Waals surface area contributed by atoms with Crippen LogP contribution in [0.4, 0.5) is 5.69 Å². The Morgan fingerprint density at radius 2 is 1.83 bits per heavy atom. The third-order valence-electron chi connectivity index (χ3n) is 3.13. The molecule has 0 fully saturated rings. The Morgan fingerprint density at radius 3 is 2.42 bits per heavy atom. The van der Waals surface area contributed by atoms with Gasteiger partial charge in [-0.1, -0.05) is 6.92 Å². The maximum absolute atomic E-state index is 12.3. The summed E-state index contributed by atoms with van der Waals surface area (Å²) in [5, 5.41) is 11.1. The standard InChI is InChI=1S/C17H17NO5S/c1-3-10-22-12-4-6-13(7-5-12)23-17(19)15-11-14(24-2)8-9-16(15)18(20)21/h4-9,11H,3,10H2,1-2H3. The van der Waals surface area contributed by atoms with Crippen molar-refractivity contribution in [2.45, 2.75) is 18.2 Å². The van der Waals surface area contributed by atoms with E-state index in [9.17, 15) is 14.9 Å². The van der Waals surface area contributed by atoms with Crippen molar-refractivity contribution in [1.82, 2.24) is 0 Å². The number of esters is 1. The normalized spacial score (nSPS) is 10.2. The second kappa shape index (κ2) is 8.35. The number of carbonyl (C=O) groups excluding carboxylic acids is 1. The molecule has 0 aliphatic carbocycles. The fraction of sp³-hybridized carbons (Fsp3) is 0.235. The SMILES string of the molecule is CCCOc1ccc(OC(=O)c2cc(SC)ccc2[N+](=O)[O-])cc1. The van der Waals surface area contributed by atoms with E-state index < -0.39 is 10.9 Å². The van der Waals surface area contributed by atoms with Crippen molar-refractivity contribution in [3.05, 3.63) is 58.1 Å². The highest BCUT2D eigenvalue weighted by Crippen LogP contribution is 2.26. The van der Waals surface area contributed by atoms with Crippen molar-refractivity contribution in [1.29, 1.82) is 0 Å². The van der Waals surface area contributed by atoms with Crippen LogP contribution in [0.5, 0.6) is 11.5 Å². The molecule has 24 heavy (non-hydrogen) atoms. The first-order valence-corrected chi connectivity index (χ1v) is 8.55. The molecule has 2 aromatic rings. The zero-order valence-corrected chi connectivity index (χ0v) is 14.2. The highest BCUT2D eigenvalue weighted by atomic mass is 32.2. The predicted molar refractivity (Wildman–Crippen MR) is 92.1 cm³/mol. The Morgan fingerprint density at radius 1 is 1.17 bits per heavy atom. The molecule has 6 nitrogen and oxygen atoms in total. The summed E-state index contributed by atoms with van der Waals surface area (Å²) in [5.74, 6) is 0.208. The van der Waals surface area contributed by atoms with Crippen LogP contribution in [0.2, 0.25) is 0 Å². The molecule has 0 saturated carbocycles. The zero-order valence-electron chi connectivity index (χ0n) is 13.4. The molecular formula is C17H17NO5S. The quantitative estimate of drug-likeness (QED) is 0.244. The molecule has 0 heterocycles.